The zero-order valence-corrected chi connectivity index (χ0v) is 15.7. The number of benzene rings is 3. The molecule has 3 aromatic carbocycles. The summed E-state index contributed by atoms with van der Waals surface area (Å²) in [6.45, 7) is 0.666. The monoisotopic (exact) mass is 404 g/mol. The minimum absolute atomic E-state index is 0.00311. The molecule has 0 saturated heterocycles. The van der Waals surface area contributed by atoms with Crippen LogP contribution in [-0.2, 0) is 11.3 Å². The van der Waals surface area contributed by atoms with Crippen LogP contribution in [-0.4, -0.2) is 18.2 Å². The summed E-state index contributed by atoms with van der Waals surface area (Å²) in [5.74, 6) is 0.00311. The van der Waals surface area contributed by atoms with Crippen molar-refractivity contribution in [3.63, 3.8) is 0 Å². The number of aliphatic imine (C=N–C) groups is 1. The molecule has 0 fully saturated rings. The molecular weight excluding hydrogens is 388 g/mol. The van der Waals surface area contributed by atoms with Crippen molar-refractivity contribution in [2.45, 2.75) is 6.54 Å². The maximum absolute atomic E-state index is 12.9. The quantitative estimate of drug-likeness (QED) is 0.614. The number of para-hydroxylation sites is 1. The number of benzodiazepines with no additional fused rings is 1. The van der Waals surface area contributed by atoms with E-state index in [0.29, 0.717) is 6.54 Å². The Morgan fingerprint density at radius 3 is 2.50 bits per heavy atom. The van der Waals surface area contributed by atoms with Crippen LogP contribution < -0.4 is 4.90 Å². The van der Waals surface area contributed by atoms with E-state index in [1.54, 1.807) is 0 Å². The Labute approximate surface area is 161 Å². The highest BCUT2D eigenvalue weighted by molar-refractivity contribution is 9.10. The minimum atomic E-state index is 0.00311. The molecule has 1 amide bonds. The van der Waals surface area contributed by atoms with Gasteiger partial charge in [-0.05, 0) is 23.8 Å². The molecular formula is C22H17BrN2O. The van der Waals surface area contributed by atoms with Gasteiger partial charge >= 0.3 is 0 Å². The van der Waals surface area contributed by atoms with Gasteiger partial charge in [0.2, 0.25) is 5.91 Å². The van der Waals surface area contributed by atoms with Gasteiger partial charge in [0.15, 0.2) is 0 Å². The molecule has 0 atom stereocenters. The number of hydrogen-bond donors (Lipinski definition) is 0. The largest absolute Gasteiger partial charge is 0.306 e. The van der Waals surface area contributed by atoms with Gasteiger partial charge in [-0.1, -0.05) is 76.6 Å². The van der Waals surface area contributed by atoms with Crippen LogP contribution in [0.5, 0.6) is 0 Å². The zero-order chi connectivity index (χ0) is 17.9. The minimum Gasteiger partial charge on any atom is -0.306 e. The molecule has 0 saturated carbocycles. The summed E-state index contributed by atoms with van der Waals surface area (Å²) in [6.07, 6.45) is 0. The summed E-state index contributed by atoms with van der Waals surface area (Å²) in [4.78, 5) is 19.3. The summed E-state index contributed by atoms with van der Waals surface area (Å²) >= 11 is 3.50. The van der Waals surface area contributed by atoms with Gasteiger partial charge < -0.3 is 4.90 Å². The molecule has 128 valence electrons. The predicted molar refractivity (Wildman–Crippen MR) is 109 cm³/mol. The third-order valence-electron chi connectivity index (χ3n) is 4.40. The van der Waals surface area contributed by atoms with Crippen molar-refractivity contribution < 1.29 is 4.79 Å². The molecule has 0 aromatic heterocycles. The smallest absolute Gasteiger partial charge is 0.248 e. The average molecular weight is 405 g/mol. The van der Waals surface area contributed by atoms with E-state index in [1.807, 2.05) is 83.8 Å². The zero-order valence-electron chi connectivity index (χ0n) is 14.1. The van der Waals surface area contributed by atoms with E-state index in [4.69, 9.17) is 0 Å². The molecule has 0 unspecified atom stereocenters. The van der Waals surface area contributed by atoms with Crippen molar-refractivity contribution in [1.82, 2.24) is 0 Å². The van der Waals surface area contributed by atoms with E-state index in [0.717, 1.165) is 32.6 Å². The SMILES string of the molecule is O=C1CN=C(c2ccccc2)c2ccccc2N1Cc1cccc(Br)c1. The molecule has 26 heavy (non-hydrogen) atoms. The lowest BCUT2D eigenvalue weighted by Crippen LogP contribution is -2.31. The fourth-order valence-corrected chi connectivity index (χ4v) is 3.64. The summed E-state index contributed by atoms with van der Waals surface area (Å²) in [5, 5.41) is 0. The number of rotatable bonds is 3. The number of halogens is 1. The van der Waals surface area contributed by atoms with E-state index in [-0.39, 0.29) is 12.5 Å². The topological polar surface area (TPSA) is 32.7 Å². The van der Waals surface area contributed by atoms with Gasteiger partial charge in [-0.2, -0.15) is 0 Å². The van der Waals surface area contributed by atoms with Gasteiger partial charge in [0.1, 0.15) is 6.54 Å². The van der Waals surface area contributed by atoms with E-state index in [1.165, 1.54) is 0 Å². The molecule has 1 aliphatic rings. The Morgan fingerprint density at radius 1 is 0.923 bits per heavy atom. The van der Waals surface area contributed by atoms with Crippen LogP contribution in [0.4, 0.5) is 5.69 Å². The van der Waals surface area contributed by atoms with Crippen molar-refractivity contribution in [1.29, 1.82) is 0 Å². The normalized spacial score (nSPS) is 13.8. The van der Waals surface area contributed by atoms with Crippen LogP contribution in [0.15, 0.2) is 88.3 Å². The van der Waals surface area contributed by atoms with Gasteiger partial charge in [0.05, 0.1) is 17.9 Å². The number of fused-ring (bicyclic) bond motifs is 1. The molecule has 0 spiro atoms. The molecule has 1 heterocycles. The fourth-order valence-electron chi connectivity index (χ4n) is 3.19. The number of anilines is 1. The second-order valence-corrected chi connectivity index (χ2v) is 7.07. The number of carbonyl (C=O) groups excluding carboxylic acids is 1. The van der Waals surface area contributed by atoms with Gasteiger partial charge in [0.25, 0.3) is 0 Å². The van der Waals surface area contributed by atoms with Crippen molar-refractivity contribution in [3.05, 3.63) is 100 Å². The third kappa shape index (κ3) is 3.33. The highest BCUT2D eigenvalue weighted by Gasteiger charge is 2.24. The fraction of sp³-hybridized carbons (Fsp3) is 0.0909. The number of nitrogens with zero attached hydrogens (tertiary/aromatic N) is 2. The first kappa shape index (κ1) is 16.7. The summed E-state index contributed by atoms with van der Waals surface area (Å²) in [5.41, 5.74) is 4.85. The molecule has 3 aromatic rings. The van der Waals surface area contributed by atoms with Crippen LogP contribution in [0.25, 0.3) is 0 Å². The molecule has 0 N–H and O–H groups in total. The number of carbonyl (C=O) groups is 1. The Bertz CT molecular complexity index is 982. The summed E-state index contributed by atoms with van der Waals surface area (Å²) in [6, 6.07) is 26.1. The molecule has 4 rings (SSSR count). The average Bonchev–Trinajstić information content (AvgIpc) is 2.80. The first-order chi connectivity index (χ1) is 12.7. The van der Waals surface area contributed by atoms with Crippen molar-refractivity contribution in [2.24, 2.45) is 4.99 Å². The second kappa shape index (κ2) is 7.26. The lowest BCUT2D eigenvalue weighted by atomic mass is 10.00. The number of hydrogen-bond acceptors (Lipinski definition) is 2. The van der Waals surface area contributed by atoms with E-state index >= 15 is 0 Å². The van der Waals surface area contributed by atoms with Gasteiger partial charge in [-0.25, -0.2) is 0 Å². The van der Waals surface area contributed by atoms with E-state index < -0.39 is 0 Å². The molecule has 0 radical (unpaired) electrons. The van der Waals surface area contributed by atoms with E-state index in [9.17, 15) is 4.79 Å². The Morgan fingerprint density at radius 2 is 1.69 bits per heavy atom. The Hall–Kier alpha value is -2.72. The van der Waals surface area contributed by atoms with Crippen LogP contribution >= 0.6 is 15.9 Å². The van der Waals surface area contributed by atoms with Crippen LogP contribution in [0, 0.1) is 0 Å². The lowest BCUT2D eigenvalue weighted by Gasteiger charge is -2.23. The van der Waals surface area contributed by atoms with Crippen LogP contribution in [0.1, 0.15) is 16.7 Å². The number of amides is 1. The summed E-state index contributed by atoms with van der Waals surface area (Å²) in [7, 11) is 0. The van der Waals surface area contributed by atoms with Crippen molar-refractivity contribution >= 4 is 33.2 Å². The Kier molecular flexibility index (Phi) is 4.67. The third-order valence-corrected chi connectivity index (χ3v) is 4.89. The maximum Gasteiger partial charge on any atom is 0.248 e. The first-order valence-electron chi connectivity index (χ1n) is 8.46. The van der Waals surface area contributed by atoms with Crippen LogP contribution in [0.2, 0.25) is 0 Å². The summed E-state index contributed by atoms with van der Waals surface area (Å²) < 4.78 is 1.01. The van der Waals surface area contributed by atoms with E-state index in [2.05, 4.69) is 20.9 Å². The molecule has 0 bridgehead atoms. The second-order valence-electron chi connectivity index (χ2n) is 6.16. The lowest BCUT2D eigenvalue weighted by molar-refractivity contribution is -0.117. The molecule has 4 heteroatoms. The van der Waals surface area contributed by atoms with Gasteiger partial charge in [-0.3, -0.25) is 9.79 Å². The predicted octanol–water partition coefficient (Wildman–Crippen LogP) is 4.83. The van der Waals surface area contributed by atoms with Gasteiger partial charge in [0, 0.05) is 15.6 Å². The van der Waals surface area contributed by atoms with Crippen molar-refractivity contribution in [3.8, 4) is 0 Å². The first-order valence-corrected chi connectivity index (χ1v) is 9.26. The highest BCUT2D eigenvalue weighted by Crippen LogP contribution is 2.28. The van der Waals surface area contributed by atoms with Crippen molar-refractivity contribution in [2.75, 3.05) is 11.4 Å². The molecule has 0 aliphatic carbocycles. The standard InChI is InChI=1S/C22H17BrN2O/c23-18-10-6-7-16(13-18)15-25-20-12-5-4-11-19(20)22(24-14-21(25)26)17-8-2-1-3-9-17/h1-13H,14-15H2. The van der Waals surface area contributed by atoms with Crippen LogP contribution in [0.3, 0.4) is 0 Å². The highest BCUT2D eigenvalue weighted by atomic mass is 79.9. The molecule has 1 aliphatic heterocycles. The maximum atomic E-state index is 12.9. The van der Waals surface area contributed by atoms with Gasteiger partial charge in [-0.15, -0.1) is 0 Å². The Balaban J connectivity index is 1.78. The molecule has 3 nitrogen and oxygen atoms in total.